The van der Waals surface area contributed by atoms with Crippen molar-refractivity contribution in [1.82, 2.24) is 0 Å². The Balaban J connectivity index is 1.81. The average Bonchev–Trinajstić information content (AvgIpc) is 3.29. The third-order valence-electron chi connectivity index (χ3n) is 4.99. The van der Waals surface area contributed by atoms with Crippen LogP contribution in [0.25, 0.3) is 22.1 Å². The molecule has 0 saturated heterocycles. The van der Waals surface area contributed by atoms with Crippen LogP contribution in [0, 0.1) is 18.3 Å². The van der Waals surface area contributed by atoms with Crippen molar-refractivity contribution in [3.05, 3.63) is 93.4 Å². The summed E-state index contributed by atoms with van der Waals surface area (Å²) in [5.41, 5.74) is 6.01. The van der Waals surface area contributed by atoms with E-state index in [0.717, 1.165) is 20.9 Å². The largest absolute Gasteiger partial charge is 0.289 e. The number of aryl methyl sites for hydroxylation is 1. The van der Waals surface area contributed by atoms with Gasteiger partial charge in [-0.3, -0.25) is 4.79 Å². The molecule has 3 aromatic rings. The number of hydrogen-bond acceptors (Lipinski definition) is 3. The van der Waals surface area contributed by atoms with Crippen LogP contribution in [0.4, 0.5) is 0 Å². The second-order valence-electron chi connectivity index (χ2n) is 6.82. The first kappa shape index (κ1) is 18.2. The number of Topliss-reactive ketones (excluding diaryl/α,β-unsaturated/α-hetero) is 1. The van der Waals surface area contributed by atoms with Crippen LogP contribution in [0.3, 0.4) is 0 Å². The summed E-state index contributed by atoms with van der Waals surface area (Å²) in [7, 11) is 0. The maximum atomic E-state index is 13.1. The number of ketones is 1. The molecule has 136 valence electrons. The van der Waals surface area contributed by atoms with Crippen LogP contribution in [0.15, 0.2) is 71.8 Å². The number of nitrogens with zero attached hydrogens (tertiary/aromatic N) is 1. The first-order valence-electron chi connectivity index (χ1n) is 9.28. The zero-order valence-corrected chi connectivity index (χ0v) is 16.6. The van der Waals surface area contributed by atoms with Gasteiger partial charge in [0.15, 0.2) is 5.78 Å². The summed E-state index contributed by atoms with van der Waals surface area (Å²) in [6.07, 6.45) is 2.54. The van der Waals surface area contributed by atoms with Gasteiger partial charge < -0.3 is 0 Å². The number of benzene rings is 2. The molecule has 0 fully saturated rings. The van der Waals surface area contributed by atoms with Crippen molar-refractivity contribution in [3.8, 4) is 16.5 Å². The van der Waals surface area contributed by atoms with Crippen LogP contribution in [-0.2, 0) is 0 Å². The van der Waals surface area contributed by atoms with Crippen molar-refractivity contribution < 1.29 is 4.79 Å². The second kappa shape index (κ2) is 7.42. The Labute approximate surface area is 169 Å². The van der Waals surface area contributed by atoms with E-state index >= 15 is 0 Å². The zero-order valence-electron chi connectivity index (χ0n) is 15.8. The van der Waals surface area contributed by atoms with Gasteiger partial charge in [-0.25, -0.2) is 0 Å². The van der Waals surface area contributed by atoms with E-state index in [9.17, 15) is 10.1 Å². The van der Waals surface area contributed by atoms with E-state index in [1.165, 1.54) is 11.1 Å². The lowest BCUT2D eigenvalue weighted by molar-refractivity contribution is 0.104. The Kier molecular flexibility index (Phi) is 4.81. The molecule has 0 unspecified atom stereocenters. The molecule has 1 aromatic heterocycles. The molecule has 0 atom stereocenters. The quantitative estimate of drug-likeness (QED) is 0.374. The van der Waals surface area contributed by atoms with Gasteiger partial charge in [0.05, 0.1) is 6.07 Å². The Bertz CT molecular complexity index is 1170. The van der Waals surface area contributed by atoms with Crippen LogP contribution < -0.4 is 0 Å². The molecule has 0 spiro atoms. The molecule has 0 amide bonds. The molecule has 2 nitrogen and oxygen atoms in total. The molecule has 2 aromatic carbocycles. The highest BCUT2D eigenvalue weighted by atomic mass is 32.1. The van der Waals surface area contributed by atoms with Gasteiger partial charge in [0.25, 0.3) is 0 Å². The standard InChI is InChI=1S/C25H19NOS/c1-3-17(15-26)24-20-6-4-5-7-21(20)25(27)22(24)14-19-12-13-23(28-19)18-10-8-16(2)9-11-18/h4-14H,3H2,1-2H3/b22-14-,24-17-. The smallest absolute Gasteiger partial charge is 0.194 e. The van der Waals surface area contributed by atoms with E-state index in [2.05, 4.69) is 43.3 Å². The van der Waals surface area contributed by atoms with Crippen molar-refractivity contribution in [2.24, 2.45) is 0 Å². The van der Waals surface area contributed by atoms with E-state index in [1.807, 2.05) is 43.3 Å². The highest BCUT2D eigenvalue weighted by molar-refractivity contribution is 7.16. The number of carbonyl (C=O) groups is 1. The predicted molar refractivity (Wildman–Crippen MR) is 116 cm³/mol. The SMILES string of the molecule is CC/C(C#N)=C1/C(=C/c2ccc(-c3ccc(C)cc3)s2)C(=O)c2ccccc21. The number of thiophene rings is 1. The summed E-state index contributed by atoms with van der Waals surface area (Å²) in [5, 5.41) is 9.61. The Morgan fingerprint density at radius 2 is 1.75 bits per heavy atom. The summed E-state index contributed by atoms with van der Waals surface area (Å²) < 4.78 is 0. The molecule has 0 aliphatic heterocycles. The molecular formula is C25H19NOS. The highest BCUT2D eigenvalue weighted by Crippen LogP contribution is 2.41. The third-order valence-corrected chi connectivity index (χ3v) is 6.08. The number of fused-ring (bicyclic) bond motifs is 1. The minimum Gasteiger partial charge on any atom is -0.289 e. The van der Waals surface area contributed by atoms with E-state index in [-0.39, 0.29) is 5.78 Å². The molecule has 0 saturated carbocycles. The molecular weight excluding hydrogens is 362 g/mol. The molecule has 28 heavy (non-hydrogen) atoms. The fourth-order valence-corrected chi connectivity index (χ4v) is 4.48. The highest BCUT2D eigenvalue weighted by Gasteiger charge is 2.31. The first-order chi connectivity index (χ1) is 13.6. The average molecular weight is 382 g/mol. The number of hydrogen-bond donors (Lipinski definition) is 0. The van der Waals surface area contributed by atoms with E-state index in [0.29, 0.717) is 23.1 Å². The number of nitriles is 1. The van der Waals surface area contributed by atoms with Gasteiger partial charge in [0.2, 0.25) is 0 Å². The second-order valence-corrected chi connectivity index (χ2v) is 7.94. The number of carbonyl (C=O) groups excluding carboxylic acids is 1. The van der Waals surface area contributed by atoms with Crippen LogP contribution in [-0.4, -0.2) is 5.78 Å². The fraction of sp³-hybridized carbons (Fsp3) is 0.120. The van der Waals surface area contributed by atoms with Gasteiger partial charge in [-0.1, -0.05) is 61.0 Å². The van der Waals surface area contributed by atoms with Crippen LogP contribution >= 0.6 is 11.3 Å². The lowest BCUT2D eigenvalue weighted by atomic mass is 9.97. The van der Waals surface area contributed by atoms with Gasteiger partial charge in [0.1, 0.15) is 0 Å². The van der Waals surface area contributed by atoms with Crippen molar-refractivity contribution in [3.63, 3.8) is 0 Å². The normalized spacial score (nSPS) is 16.2. The third kappa shape index (κ3) is 3.13. The Morgan fingerprint density at radius 3 is 2.43 bits per heavy atom. The predicted octanol–water partition coefficient (Wildman–Crippen LogP) is 6.69. The maximum absolute atomic E-state index is 13.1. The van der Waals surface area contributed by atoms with Gasteiger partial charge in [-0.15, -0.1) is 11.3 Å². The summed E-state index contributed by atoms with van der Waals surface area (Å²) >= 11 is 1.65. The summed E-state index contributed by atoms with van der Waals surface area (Å²) in [6, 6.07) is 22.4. The lowest BCUT2D eigenvalue weighted by Crippen LogP contribution is -1.95. The topological polar surface area (TPSA) is 40.9 Å². The zero-order chi connectivity index (χ0) is 19.7. The molecule has 0 radical (unpaired) electrons. The van der Waals surface area contributed by atoms with Crippen LogP contribution in [0.2, 0.25) is 0 Å². The Morgan fingerprint density at radius 1 is 1.04 bits per heavy atom. The van der Waals surface area contributed by atoms with Gasteiger partial charge in [-0.2, -0.15) is 5.26 Å². The van der Waals surface area contributed by atoms with Crippen LogP contribution in [0.1, 0.15) is 39.7 Å². The molecule has 1 aliphatic carbocycles. The Hall–Kier alpha value is -3.22. The lowest BCUT2D eigenvalue weighted by Gasteiger charge is -2.04. The van der Waals surface area contributed by atoms with Crippen molar-refractivity contribution in [2.45, 2.75) is 20.3 Å². The van der Waals surface area contributed by atoms with Crippen molar-refractivity contribution in [2.75, 3.05) is 0 Å². The summed E-state index contributed by atoms with van der Waals surface area (Å²) in [5.74, 6) is -0.00270. The van der Waals surface area contributed by atoms with E-state index in [1.54, 1.807) is 11.3 Å². The molecule has 1 heterocycles. The molecule has 0 N–H and O–H groups in total. The monoisotopic (exact) mass is 381 g/mol. The minimum absolute atomic E-state index is 0.00270. The fourth-order valence-electron chi connectivity index (χ4n) is 3.52. The summed E-state index contributed by atoms with van der Waals surface area (Å²) in [6.45, 7) is 4.03. The van der Waals surface area contributed by atoms with E-state index < -0.39 is 0 Å². The number of allylic oxidation sites excluding steroid dienone is 3. The molecule has 0 bridgehead atoms. The van der Waals surface area contributed by atoms with Crippen molar-refractivity contribution in [1.29, 1.82) is 5.26 Å². The number of rotatable bonds is 3. The minimum atomic E-state index is -0.00270. The molecule has 1 aliphatic rings. The van der Waals surface area contributed by atoms with Gasteiger partial charge in [-0.05, 0) is 42.7 Å². The molecule has 4 rings (SSSR count). The molecule has 3 heteroatoms. The maximum Gasteiger partial charge on any atom is 0.194 e. The summed E-state index contributed by atoms with van der Waals surface area (Å²) in [4.78, 5) is 15.2. The van der Waals surface area contributed by atoms with Crippen LogP contribution in [0.5, 0.6) is 0 Å². The van der Waals surface area contributed by atoms with Gasteiger partial charge >= 0.3 is 0 Å². The van der Waals surface area contributed by atoms with Gasteiger partial charge in [0, 0.05) is 32.0 Å². The van der Waals surface area contributed by atoms with Crippen molar-refractivity contribution >= 4 is 28.8 Å². The van der Waals surface area contributed by atoms with E-state index in [4.69, 9.17) is 0 Å². The first-order valence-corrected chi connectivity index (χ1v) is 10.1.